The zero-order chi connectivity index (χ0) is 32.8. The average Bonchev–Trinajstić information content (AvgIpc) is 3.55. The van der Waals surface area contributed by atoms with E-state index in [1.807, 2.05) is 62.2 Å². The molecule has 0 saturated carbocycles. The van der Waals surface area contributed by atoms with E-state index in [0.29, 0.717) is 26.0 Å². The number of nitro groups is 1. The molecule has 0 atom stereocenters. The summed E-state index contributed by atoms with van der Waals surface area (Å²) in [7, 11) is 0. The lowest BCUT2D eigenvalue weighted by Crippen LogP contribution is -2.35. The minimum absolute atomic E-state index is 0.0255. The zero-order valence-corrected chi connectivity index (χ0v) is 26.5. The van der Waals surface area contributed by atoms with Crippen molar-refractivity contribution in [3.05, 3.63) is 99.9 Å². The van der Waals surface area contributed by atoms with Gasteiger partial charge in [-0.1, -0.05) is 24.3 Å². The number of carbonyl (C=O) groups excluding carboxylic acids is 2. The van der Waals surface area contributed by atoms with Crippen molar-refractivity contribution in [1.82, 2.24) is 9.78 Å². The summed E-state index contributed by atoms with van der Waals surface area (Å²) in [5, 5.41) is 15.4. The molecule has 0 saturated heterocycles. The molecule has 0 spiro atoms. The molecule has 1 aliphatic rings. The van der Waals surface area contributed by atoms with Gasteiger partial charge in [-0.3, -0.25) is 19.6 Å². The molecule has 0 N–H and O–H groups in total. The Balaban J connectivity index is 1.20. The molecule has 1 amide bonds. The van der Waals surface area contributed by atoms with Crippen LogP contribution in [0.3, 0.4) is 0 Å². The predicted octanol–water partition coefficient (Wildman–Crippen LogP) is 7.16. The van der Waals surface area contributed by atoms with E-state index in [-0.39, 0.29) is 24.0 Å². The number of carbonyl (C=O) groups is 2. The third-order valence-corrected chi connectivity index (χ3v) is 8.20. The van der Waals surface area contributed by atoms with Gasteiger partial charge in [-0.2, -0.15) is 5.10 Å². The molecule has 11 nitrogen and oxygen atoms in total. The smallest absolute Gasteiger partial charge is 0.493 e. The van der Waals surface area contributed by atoms with Crippen LogP contribution in [-0.4, -0.2) is 46.5 Å². The highest BCUT2D eigenvalue weighted by molar-refractivity contribution is 5.96. The summed E-state index contributed by atoms with van der Waals surface area (Å²) in [6.45, 7) is 8.99. The number of rotatable bonds is 11. The molecule has 5 rings (SSSR count). The number of hydrogen-bond acceptors (Lipinski definition) is 8. The van der Waals surface area contributed by atoms with Crippen molar-refractivity contribution in [3.8, 4) is 22.6 Å². The molecule has 0 unspecified atom stereocenters. The minimum Gasteiger partial charge on any atom is -0.493 e. The summed E-state index contributed by atoms with van der Waals surface area (Å²) in [4.78, 5) is 37.8. The van der Waals surface area contributed by atoms with Gasteiger partial charge < -0.3 is 19.1 Å². The number of nitro benzene ring substituents is 1. The normalized spacial score (nSPS) is 12.7. The Morgan fingerprint density at radius 1 is 1.04 bits per heavy atom. The van der Waals surface area contributed by atoms with Gasteiger partial charge in [0.2, 0.25) is 5.91 Å². The van der Waals surface area contributed by atoms with Crippen LogP contribution in [-0.2, 0) is 21.5 Å². The first kappa shape index (κ1) is 32.2. The van der Waals surface area contributed by atoms with E-state index in [1.165, 1.54) is 29.8 Å². The number of aryl methyl sites for hydroxylation is 1. The lowest BCUT2D eigenvalue weighted by molar-refractivity contribution is -0.384. The van der Waals surface area contributed by atoms with Crippen LogP contribution in [0.5, 0.6) is 11.5 Å². The van der Waals surface area contributed by atoms with Crippen molar-refractivity contribution in [2.24, 2.45) is 0 Å². The van der Waals surface area contributed by atoms with Crippen LogP contribution < -0.4 is 14.4 Å². The predicted molar refractivity (Wildman–Crippen MR) is 173 cm³/mol. The van der Waals surface area contributed by atoms with Crippen molar-refractivity contribution in [2.75, 3.05) is 24.7 Å². The van der Waals surface area contributed by atoms with Crippen molar-refractivity contribution >= 4 is 23.4 Å². The fourth-order valence-electron chi connectivity index (χ4n) is 5.43. The fraction of sp³-hybridized carbons (Fsp3) is 0.343. The molecule has 1 aromatic heterocycles. The topological polar surface area (TPSA) is 126 Å². The maximum absolute atomic E-state index is 13.3. The number of non-ortho nitro benzene ring substituents is 1. The summed E-state index contributed by atoms with van der Waals surface area (Å²) < 4.78 is 18.2. The Labute approximate surface area is 267 Å². The molecular weight excluding hydrogens is 588 g/mol. The molecule has 2 heterocycles. The molecule has 11 heteroatoms. The van der Waals surface area contributed by atoms with Gasteiger partial charge in [0.25, 0.3) is 5.69 Å². The number of nitrogens with zero attached hydrogens (tertiary/aromatic N) is 4. The Hall–Kier alpha value is -5.19. The summed E-state index contributed by atoms with van der Waals surface area (Å²) in [5.41, 5.74) is 5.42. The lowest BCUT2D eigenvalue weighted by Gasteiger charge is -2.31. The highest BCUT2D eigenvalue weighted by Crippen LogP contribution is 2.36. The van der Waals surface area contributed by atoms with Gasteiger partial charge in [-0.05, 0) is 93.5 Å². The molecule has 46 heavy (non-hydrogen) atoms. The van der Waals surface area contributed by atoms with E-state index >= 15 is 0 Å². The Morgan fingerprint density at radius 2 is 1.80 bits per heavy atom. The maximum Gasteiger partial charge on any atom is 0.513 e. The van der Waals surface area contributed by atoms with Gasteiger partial charge in [-0.15, -0.1) is 0 Å². The number of hydrogen-bond donors (Lipinski definition) is 0. The molecule has 3 aromatic carbocycles. The molecule has 1 aliphatic heterocycles. The minimum atomic E-state index is -0.923. The number of fused-ring (bicyclic) bond motifs is 1. The maximum atomic E-state index is 13.3. The SMILES string of the molecule is Cc1cccc(OCCCC(=O)N2CCCc3c(-c4cnn(C(C)(C)COC(=O)Oc5ccc([N+](=O)[O-])cc5)c4)cccc32)c1C. The second kappa shape index (κ2) is 13.8. The third kappa shape index (κ3) is 7.36. The van der Waals surface area contributed by atoms with Crippen molar-refractivity contribution < 1.29 is 28.7 Å². The van der Waals surface area contributed by atoms with Gasteiger partial charge in [-0.25, -0.2) is 4.79 Å². The van der Waals surface area contributed by atoms with Crippen LogP contribution in [0.1, 0.15) is 49.8 Å². The molecule has 0 fully saturated rings. The highest BCUT2D eigenvalue weighted by atomic mass is 16.7. The van der Waals surface area contributed by atoms with Crippen LogP contribution in [0.25, 0.3) is 11.1 Å². The standard InChI is InChI=1S/C35H38N4O7/c1-24-9-5-13-32(25(24)2)44-20-8-14-33(40)37-19-7-11-30-29(10-6-12-31(30)37)26-21-36-38(22-26)35(3,4)23-45-34(41)46-28-17-15-27(16-18-28)39(42)43/h5-6,9-10,12-13,15-18,21-22H,7-8,11,14,19-20,23H2,1-4H3. The summed E-state index contributed by atoms with van der Waals surface area (Å²) >= 11 is 0. The molecule has 0 aliphatic carbocycles. The number of amides is 1. The van der Waals surface area contributed by atoms with Gasteiger partial charge in [0.1, 0.15) is 18.1 Å². The van der Waals surface area contributed by atoms with Crippen LogP contribution >= 0.6 is 0 Å². The van der Waals surface area contributed by atoms with Gasteiger partial charge >= 0.3 is 6.16 Å². The van der Waals surface area contributed by atoms with E-state index in [0.717, 1.165) is 46.5 Å². The molecular formula is C35H38N4O7. The van der Waals surface area contributed by atoms with E-state index in [9.17, 15) is 19.7 Å². The Morgan fingerprint density at radius 3 is 2.57 bits per heavy atom. The largest absolute Gasteiger partial charge is 0.513 e. The first-order chi connectivity index (χ1) is 22.0. The quantitative estimate of drug-likeness (QED) is 0.0564. The van der Waals surface area contributed by atoms with Crippen molar-refractivity contribution in [3.63, 3.8) is 0 Å². The zero-order valence-electron chi connectivity index (χ0n) is 26.5. The summed E-state index contributed by atoms with van der Waals surface area (Å²) in [6.07, 6.45) is 5.49. The lowest BCUT2D eigenvalue weighted by atomic mass is 9.93. The van der Waals surface area contributed by atoms with Crippen LogP contribution in [0.2, 0.25) is 0 Å². The van der Waals surface area contributed by atoms with Gasteiger partial charge in [0, 0.05) is 42.5 Å². The van der Waals surface area contributed by atoms with E-state index in [4.69, 9.17) is 14.2 Å². The third-order valence-electron chi connectivity index (χ3n) is 8.20. The number of benzene rings is 3. The Bertz CT molecular complexity index is 1730. The van der Waals surface area contributed by atoms with E-state index < -0.39 is 16.6 Å². The molecule has 0 bridgehead atoms. The summed E-state index contributed by atoms with van der Waals surface area (Å²) in [6, 6.07) is 17.2. The second-order valence-electron chi connectivity index (χ2n) is 12.0. The molecule has 4 aromatic rings. The average molecular weight is 627 g/mol. The number of anilines is 1. The van der Waals surface area contributed by atoms with Crippen LogP contribution in [0.15, 0.2) is 73.1 Å². The number of ether oxygens (including phenoxy) is 3. The molecule has 240 valence electrons. The molecule has 0 radical (unpaired) electrons. The van der Waals surface area contributed by atoms with E-state index in [1.54, 1.807) is 10.9 Å². The monoisotopic (exact) mass is 626 g/mol. The fourth-order valence-corrected chi connectivity index (χ4v) is 5.43. The van der Waals surface area contributed by atoms with Crippen LogP contribution in [0.4, 0.5) is 16.2 Å². The van der Waals surface area contributed by atoms with Gasteiger partial charge in [0.15, 0.2) is 0 Å². The van der Waals surface area contributed by atoms with E-state index in [2.05, 4.69) is 18.1 Å². The number of aromatic nitrogens is 2. The van der Waals surface area contributed by atoms with Crippen molar-refractivity contribution in [2.45, 2.75) is 58.9 Å². The van der Waals surface area contributed by atoms with Crippen LogP contribution in [0, 0.1) is 24.0 Å². The Kier molecular flexibility index (Phi) is 9.69. The first-order valence-electron chi connectivity index (χ1n) is 15.3. The van der Waals surface area contributed by atoms with Gasteiger partial charge in [0.05, 0.1) is 23.3 Å². The summed E-state index contributed by atoms with van der Waals surface area (Å²) in [5.74, 6) is 1.08. The first-order valence-corrected chi connectivity index (χ1v) is 15.3. The highest BCUT2D eigenvalue weighted by Gasteiger charge is 2.27. The van der Waals surface area contributed by atoms with Crippen molar-refractivity contribution in [1.29, 1.82) is 0 Å². The second-order valence-corrected chi connectivity index (χ2v) is 12.0.